The predicted octanol–water partition coefficient (Wildman–Crippen LogP) is 3.96. The number of fused-ring (bicyclic) bond motifs is 4. The zero-order valence-electron chi connectivity index (χ0n) is 16.9. The fourth-order valence-corrected chi connectivity index (χ4v) is 7.49. The van der Waals surface area contributed by atoms with Gasteiger partial charge in [0.1, 0.15) is 5.35 Å². The van der Waals surface area contributed by atoms with Crippen LogP contribution < -0.4 is 16.1 Å². The van der Waals surface area contributed by atoms with Crippen molar-refractivity contribution in [1.29, 1.82) is 0 Å². The molecule has 4 heteroatoms. The zero-order chi connectivity index (χ0) is 19.2. The van der Waals surface area contributed by atoms with Gasteiger partial charge >= 0.3 is 0 Å². The molecule has 3 nitrogen and oxygen atoms in total. The highest BCUT2D eigenvalue weighted by Crippen LogP contribution is 2.49. The highest BCUT2D eigenvalue weighted by atomic mass is 32.2. The number of aromatic nitrogens is 1. The van der Waals surface area contributed by atoms with E-state index in [0.29, 0.717) is 23.3 Å². The van der Waals surface area contributed by atoms with Crippen LogP contribution in [0.15, 0.2) is 40.4 Å². The Morgan fingerprint density at radius 2 is 1.97 bits per heavy atom. The van der Waals surface area contributed by atoms with Crippen LogP contribution in [0.2, 0.25) is 0 Å². The van der Waals surface area contributed by atoms with Crippen LogP contribution in [0.3, 0.4) is 0 Å². The summed E-state index contributed by atoms with van der Waals surface area (Å²) in [6, 6.07) is 1.16. The third-order valence-corrected chi connectivity index (χ3v) is 8.98. The lowest BCUT2D eigenvalue weighted by Crippen LogP contribution is -2.42. The molecule has 1 aromatic rings. The summed E-state index contributed by atoms with van der Waals surface area (Å²) >= 11 is 2.18. The summed E-state index contributed by atoms with van der Waals surface area (Å²) in [6.45, 7) is 0. The molecular formula is C25H30N2OS. The summed E-state index contributed by atoms with van der Waals surface area (Å²) < 4.78 is 6.08. The highest BCUT2D eigenvalue weighted by Gasteiger charge is 2.41. The average Bonchev–Trinajstić information content (AvgIpc) is 3.35. The SMILES string of the molecule is C1=CCC2SC3C=CC(NC4CCC(c5nc6c(o5)=CCCC=6)CC4)CC3C2=C1. The summed E-state index contributed by atoms with van der Waals surface area (Å²) in [5.74, 6) is 2.22. The van der Waals surface area contributed by atoms with Crippen LogP contribution in [0.5, 0.6) is 0 Å². The molecule has 0 spiro atoms. The van der Waals surface area contributed by atoms with Gasteiger partial charge in [-0.1, -0.05) is 42.0 Å². The van der Waals surface area contributed by atoms with E-state index < -0.39 is 0 Å². The van der Waals surface area contributed by atoms with Crippen molar-refractivity contribution in [3.8, 4) is 0 Å². The monoisotopic (exact) mass is 406 g/mol. The van der Waals surface area contributed by atoms with Crippen LogP contribution in [0.25, 0.3) is 12.2 Å². The highest BCUT2D eigenvalue weighted by molar-refractivity contribution is 8.01. The first-order valence-corrected chi connectivity index (χ1v) is 12.4. The lowest BCUT2D eigenvalue weighted by Gasteiger charge is -2.34. The van der Waals surface area contributed by atoms with Gasteiger partial charge in [0.2, 0.25) is 0 Å². The molecule has 4 unspecified atom stereocenters. The Labute approximate surface area is 177 Å². The molecule has 0 aromatic carbocycles. The minimum absolute atomic E-state index is 0.498. The largest absolute Gasteiger partial charge is 0.441 e. The molecule has 0 bridgehead atoms. The Balaban J connectivity index is 1.07. The van der Waals surface area contributed by atoms with Crippen LogP contribution in [0, 0.1) is 5.92 Å². The van der Waals surface area contributed by atoms with Gasteiger partial charge in [0.15, 0.2) is 11.3 Å². The van der Waals surface area contributed by atoms with Crippen molar-refractivity contribution >= 4 is 23.9 Å². The van der Waals surface area contributed by atoms with Gasteiger partial charge in [0, 0.05) is 28.5 Å². The summed E-state index contributed by atoms with van der Waals surface area (Å²) in [7, 11) is 0. The smallest absolute Gasteiger partial charge is 0.198 e. The second-order valence-corrected chi connectivity index (χ2v) is 10.6. The van der Waals surface area contributed by atoms with Gasteiger partial charge in [-0.25, -0.2) is 4.98 Å². The standard InChI is InChI=1S/C25H30N2OS/c1-4-8-23-19(5-1)20-15-18(13-14-24(20)29-23)26-17-11-9-16(10-12-17)25-27-21-6-2-3-7-22(21)28-25/h1,4-7,13-14,16-18,20,23-24,26H,2-3,8-12,15H2. The maximum atomic E-state index is 6.08. The van der Waals surface area contributed by atoms with Crippen LogP contribution in [0.1, 0.15) is 63.2 Å². The molecule has 0 amide bonds. The van der Waals surface area contributed by atoms with E-state index >= 15 is 0 Å². The van der Waals surface area contributed by atoms with Gasteiger partial charge in [0.05, 0.1) is 0 Å². The third kappa shape index (κ3) is 3.48. The Morgan fingerprint density at radius 1 is 1.07 bits per heavy atom. The van der Waals surface area contributed by atoms with Gasteiger partial charge in [-0.3, -0.25) is 0 Å². The number of rotatable bonds is 3. The van der Waals surface area contributed by atoms with E-state index in [-0.39, 0.29) is 0 Å². The van der Waals surface area contributed by atoms with Gasteiger partial charge in [-0.05, 0) is 63.4 Å². The molecule has 0 radical (unpaired) electrons. The van der Waals surface area contributed by atoms with E-state index in [9.17, 15) is 0 Å². The molecule has 1 saturated carbocycles. The number of hydrogen-bond acceptors (Lipinski definition) is 4. The maximum absolute atomic E-state index is 6.08. The number of thioether (sulfide) groups is 1. The maximum Gasteiger partial charge on any atom is 0.198 e. The second-order valence-electron chi connectivity index (χ2n) is 9.26. The molecule has 5 aliphatic rings. The normalized spacial score (nSPS) is 37.7. The van der Waals surface area contributed by atoms with Crippen molar-refractivity contribution in [3.63, 3.8) is 0 Å². The zero-order valence-corrected chi connectivity index (χ0v) is 17.7. The molecule has 1 saturated heterocycles. The van der Waals surface area contributed by atoms with E-state index in [2.05, 4.69) is 59.6 Å². The van der Waals surface area contributed by atoms with Gasteiger partial charge in [0.25, 0.3) is 0 Å². The van der Waals surface area contributed by atoms with Crippen molar-refractivity contribution in [2.45, 2.75) is 79.9 Å². The van der Waals surface area contributed by atoms with E-state index in [1.54, 1.807) is 5.57 Å². The number of nitrogens with one attached hydrogen (secondary N) is 1. The lowest BCUT2D eigenvalue weighted by atomic mass is 9.80. The summed E-state index contributed by atoms with van der Waals surface area (Å²) in [4.78, 5) is 4.79. The minimum atomic E-state index is 0.498. The van der Waals surface area contributed by atoms with Crippen LogP contribution in [0.4, 0.5) is 0 Å². The molecule has 4 aliphatic carbocycles. The first-order chi connectivity index (χ1) is 14.3. The van der Waals surface area contributed by atoms with Crippen molar-refractivity contribution in [3.05, 3.63) is 52.6 Å². The quantitative estimate of drug-likeness (QED) is 0.771. The molecule has 2 heterocycles. The van der Waals surface area contributed by atoms with E-state index in [1.165, 1.54) is 38.5 Å². The summed E-state index contributed by atoms with van der Waals surface area (Å²) in [5, 5.41) is 6.49. The minimum Gasteiger partial charge on any atom is -0.441 e. The topological polar surface area (TPSA) is 38.1 Å². The molecule has 1 aromatic heterocycles. The van der Waals surface area contributed by atoms with E-state index in [1.807, 2.05) is 0 Å². The molecule has 152 valence electrons. The van der Waals surface area contributed by atoms with Crippen molar-refractivity contribution in [1.82, 2.24) is 10.3 Å². The first kappa shape index (κ1) is 18.3. The van der Waals surface area contributed by atoms with Gasteiger partial charge in [-0.15, -0.1) is 11.8 Å². The molecule has 2 fully saturated rings. The van der Waals surface area contributed by atoms with E-state index in [4.69, 9.17) is 9.40 Å². The van der Waals surface area contributed by atoms with Crippen LogP contribution >= 0.6 is 11.8 Å². The van der Waals surface area contributed by atoms with Crippen LogP contribution in [-0.4, -0.2) is 27.6 Å². The van der Waals surface area contributed by atoms with Gasteiger partial charge in [-0.2, -0.15) is 0 Å². The van der Waals surface area contributed by atoms with Crippen molar-refractivity contribution < 1.29 is 4.42 Å². The third-order valence-electron chi connectivity index (χ3n) is 7.39. The van der Waals surface area contributed by atoms with Crippen molar-refractivity contribution in [2.75, 3.05) is 0 Å². The summed E-state index contributed by atoms with van der Waals surface area (Å²) in [5.41, 5.74) is 2.71. The second kappa shape index (κ2) is 7.63. The first-order valence-electron chi connectivity index (χ1n) is 11.5. The fourth-order valence-electron chi connectivity index (χ4n) is 5.84. The number of hydrogen-bond donors (Lipinski definition) is 1. The number of nitrogens with zero attached hydrogens (tertiary/aromatic N) is 1. The molecule has 4 atom stereocenters. The molecule has 29 heavy (non-hydrogen) atoms. The summed E-state index contributed by atoms with van der Waals surface area (Å²) in [6.07, 6.45) is 25.9. The molecule has 1 aliphatic heterocycles. The average molecular weight is 407 g/mol. The fraction of sp³-hybridized carbons (Fsp3) is 0.560. The predicted molar refractivity (Wildman–Crippen MR) is 120 cm³/mol. The molecular weight excluding hydrogens is 376 g/mol. The number of oxazole rings is 1. The molecule has 1 N–H and O–H groups in total. The lowest BCUT2D eigenvalue weighted by molar-refractivity contribution is 0.285. The Bertz CT molecular complexity index is 945. The molecule has 6 rings (SSSR count). The van der Waals surface area contributed by atoms with Crippen LogP contribution in [-0.2, 0) is 0 Å². The number of allylic oxidation sites excluding steroid dienone is 3. The van der Waals surface area contributed by atoms with Gasteiger partial charge < -0.3 is 9.73 Å². The Hall–Kier alpha value is -1.52. The Kier molecular flexibility index (Phi) is 4.80. The van der Waals surface area contributed by atoms with Crippen molar-refractivity contribution in [2.24, 2.45) is 5.92 Å². The van der Waals surface area contributed by atoms with E-state index in [0.717, 1.165) is 40.7 Å². The Morgan fingerprint density at radius 3 is 2.86 bits per heavy atom.